The van der Waals surface area contributed by atoms with Gasteiger partial charge in [0.1, 0.15) is 0 Å². The monoisotopic (exact) mass is 366 g/mol. The molecule has 0 radical (unpaired) electrons. The van der Waals surface area contributed by atoms with Crippen LogP contribution in [0, 0.1) is 20.8 Å². The van der Waals surface area contributed by atoms with Gasteiger partial charge < -0.3 is 4.90 Å². The number of aryl methyl sites for hydroxylation is 4. The molecule has 0 aliphatic carbocycles. The lowest BCUT2D eigenvalue weighted by Crippen LogP contribution is -2.32. The maximum atomic E-state index is 13.0. The van der Waals surface area contributed by atoms with Crippen LogP contribution in [0.5, 0.6) is 0 Å². The first-order chi connectivity index (χ1) is 12.9. The van der Waals surface area contributed by atoms with Crippen molar-refractivity contribution in [2.45, 2.75) is 46.6 Å². The normalized spacial score (nSPS) is 13.7. The highest BCUT2D eigenvalue weighted by atomic mass is 16.5. The minimum Gasteiger partial charge on any atom is -0.338 e. The van der Waals surface area contributed by atoms with E-state index in [1.807, 2.05) is 17.0 Å². The van der Waals surface area contributed by atoms with Gasteiger partial charge in [-0.3, -0.25) is 14.8 Å². The number of carbonyl (C=O) groups excluding carboxylic acids is 2. The second-order valence-electron chi connectivity index (χ2n) is 7.40. The van der Waals surface area contributed by atoms with E-state index in [4.69, 9.17) is 5.21 Å². The van der Waals surface area contributed by atoms with Crippen molar-refractivity contribution in [3.8, 4) is 0 Å². The Balaban J connectivity index is 1.79. The van der Waals surface area contributed by atoms with E-state index in [-0.39, 0.29) is 5.91 Å². The number of hydrogen-bond acceptors (Lipinski definition) is 3. The number of carbonyl (C=O) groups is 2. The third-order valence-corrected chi connectivity index (χ3v) is 5.33. The highest BCUT2D eigenvalue weighted by Gasteiger charge is 2.21. The number of amides is 2. The van der Waals surface area contributed by atoms with Crippen molar-refractivity contribution in [2.24, 2.45) is 0 Å². The molecule has 0 atom stereocenters. The molecule has 27 heavy (non-hydrogen) atoms. The maximum Gasteiger partial charge on any atom is 0.274 e. The van der Waals surface area contributed by atoms with E-state index < -0.39 is 5.91 Å². The molecular formula is C22H26N2O3. The molecule has 142 valence electrons. The number of fused-ring (bicyclic) bond motifs is 1. The van der Waals surface area contributed by atoms with Gasteiger partial charge in [0.15, 0.2) is 0 Å². The Hall–Kier alpha value is -2.66. The Labute approximate surface area is 160 Å². The zero-order chi connectivity index (χ0) is 19.6. The highest BCUT2D eigenvalue weighted by molar-refractivity contribution is 5.93. The molecule has 0 saturated carbocycles. The van der Waals surface area contributed by atoms with E-state index in [2.05, 4.69) is 32.9 Å². The van der Waals surface area contributed by atoms with E-state index in [1.54, 1.807) is 11.5 Å². The van der Waals surface area contributed by atoms with Crippen LogP contribution in [0.25, 0.3) is 0 Å². The van der Waals surface area contributed by atoms with Crippen molar-refractivity contribution >= 4 is 11.8 Å². The second kappa shape index (κ2) is 7.92. The van der Waals surface area contributed by atoms with Crippen LogP contribution < -0.4 is 5.48 Å². The number of rotatable bonds is 3. The predicted octanol–water partition coefficient (Wildman–Crippen LogP) is 3.25. The fourth-order valence-electron chi connectivity index (χ4n) is 3.93. The van der Waals surface area contributed by atoms with E-state index >= 15 is 0 Å². The first-order valence-corrected chi connectivity index (χ1v) is 9.29. The minimum atomic E-state index is -0.514. The lowest BCUT2D eigenvalue weighted by atomic mass is 9.97. The molecule has 2 aromatic rings. The van der Waals surface area contributed by atoms with Crippen LogP contribution in [0.2, 0.25) is 0 Å². The summed E-state index contributed by atoms with van der Waals surface area (Å²) in [6.45, 7) is 7.46. The zero-order valence-electron chi connectivity index (χ0n) is 16.1. The molecule has 0 spiro atoms. The first-order valence-electron chi connectivity index (χ1n) is 9.29. The lowest BCUT2D eigenvalue weighted by Gasteiger charge is -2.22. The van der Waals surface area contributed by atoms with Crippen molar-refractivity contribution in [3.63, 3.8) is 0 Å². The molecule has 0 aromatic heterocycles. The highest BCUT2D eigenvalue weighted by Crippen LogP contribution is 2.23. The molecule has 2 N–H and O–H groups in total. The maximum absolute atomic E-state index is 13.0. The van der Waals surface area contributed by atoms with Crippen molar-refractivity contribution in [2.75, 3.05) is 6.54 Å². The number of hydroxylamine groups is 1. The third kappa shape index (κ3) is 4.19. The summed E-state index contributed by atoms with van der Waals surface area (Å²) in [5, 5.41) is 8.81. The Morgan fingerprint density at radius 1 is 1.07 bits per heavy atom. The summed E-state index contributed by atoms with van der Waals surface area (Å²) in [4.78, 5) is 26.5. The standard InChI is InChI=1S/C22H26N2O3/c1-14-9-15(2)20(16(3)10-14)12-21(25)24-8-4-5-17-11-18(22(26)23-27)6-7-19(17)13-24/h6-7,9-11,27H,4-5,8,12-13H2,1-3H3,(H,23,26). The average Bonchev–Trinajstić information content (AvgIpc) is 2.85. The lowest BCUT2D eigenvalue weighted by molar-refractivity contribution is -0.131. The second-order valence-corrected chi connectivity index (χ2v) is 7.40. The summed E-state index contributed by atoms with van der Waals surface area (Å²) in [6, 6.07) is 9.63. The van der Waals surface area contributed by atoms with Crippen molar-refractivity contribution < 1.29 is 14.8 Å². The summed E-state index contributed by atoms with van der Waals surface area (Å²) in [5.41, 5.74) is 8.88. The molecule has 3 rings (SSSR count). The predicted molar refractivity (Wildman–Crippen MR) is 104 cm³/mol. The minimum absolute atomic E-state index is 0.134. The SMILES string of the molecule is Cc1cc(C)c(CC(=O)N2CCCc3cc(C(=O)NO)ccc3C2)c(C)c1. The molecule has 1 aliphatic rings. The quantitative estimate of drug-likeness (QED) is 0.647. The van der Waals surface area contributed by atoms with Crippen LogP contribution in [-0.2, 0) is 24.2 Å². The van der Waals surface area contributed by atoms with Crippen LogP contribution in [0.4, 0.5) is 0 Å². The smallest absolute Gasteiger partial charge is 0.274 e. The van der Waals surface area contributed by atoms with Gasteiger partial charge in [-0.15, -0.1) is 0 Å². The van der Waals surface area contributed by atoms with Crippen LogP contribution >= 0.6 is 0 Å². The Morgan fingerprint density at radius 2 is 1.78 bits per heavy atom. The largest absolute Gasteiger partial charge is 0.338 e. The van der Waals surface area contributed by atoms with Gasteiger partial charge in [-0.05, 0) is 73.6 Å². The number of nitrogens with one attached hydrogen (secondary N) is 1. The topological polar surface area (TPSA) is 69.6 Å². The zero-order valence-corrected chi connectivity index (χ0v) is 16.1. The molecule has 5 heteroatoms. The molecule has 0 bridgehead atoms. The Kier molecular flexibility index (Phi) is 5.61. The summed E-state index contributed by atoms with van der Waals surface area (Å²) >= 11 is 0. The van der Waals surface area contributed by atoms with Gasteiger partial charge in [-0.1, -0.05) is 23.8 Å². The van der Waals surface area contributed by atoms with E-state index in [0.717, 1.165) is 40.7 Å². The molecular weight excluding hydrogens is 340 g/mol. The van der Waals surface area contributed by atoms with E-state index in [1.165, 1.54) is 5.56 Å². The number of benzene rings is 2. The summed E-state index contributed by atoms with van der Waals surface area (Å²) in [7, 11) is 0. The van der Waals surface area contributed by atoms with Crippen molar-refractivity contribution in [1.82, 2.24) is 10.4 Å². The van der Waals surface area contributed by atoms with Gasteiger partial charge in [0, 0.05) is 18.7 Å². The van der Waals surface area contributed by atoms with Crippen LogP contribution in [0.15, 0.2) is 30.3 Å². The Bertz CT molecular complexity index is 866. The van der Waals surface area contributed by atoms with Gasteiger partial charge in [0.2, 0.25) is 5.91 Å². The first kappa shape index (κ1) is 19.1. The molecule has 2 amide bonds. The van der Waals surface area contributed by atoms with Crippen molar-refractivity contribution in [3.05, 3.63) is 69.3 Å². The van der Waals surface area contributed by atoms with Crippen LogP contribution in [0.1, 0.15) is 50.2 Å². The third-order valence-electron chi connectivity index (χ3n) is 5.33. The van der Waals surface area contributed by atoms with Crippen molar-refractivity contribution in [1.29, 1.82) is 0 Å². The molecule has 1 aliphatic heterocycles. The van der Waals surface area contributed by atoms with E-state index in [9.17, 15) is 9.59 Å². The Morgan fingerprint density at radius 3 is 2.44 bits per heavy atom. The summed E-state index contributed by atoms with van der Waals surface area (Å²) < 4.78 is 0. The fourth-order valence-corrected chi connectivity index (χ4v) is 3.93. The van der Waals surface area contributed by atoms with Gasteiger partial charge in [0.05, 0.1) is 6.42 Å². The fraction of sp³-hybridized carbons (Fsp3) is 0.364. The van der Waals surface area contributed by atoms with Gasteiger partial charge in [0.25, 0.3) is 5.91 Å². The molecule has 1 heterocycles. The average molecular weight is 366 g/mol. The van der Waals surface area contributed by atoms with Gasteiger partial charge in [-0.2, -0.15) is 0 Å². The van der Waals surface area contributed by atoms with Crippen LogP contribution in [-0.4, -0.2) is 28.5 Å². The number of hydrogen-bond donors (Lipinski definition) is 2. The molecule has 0 fully saturated rings. The molecule has 0 unspecified atom stereocenters. The van der Waals surface area contributed by atoms with E-state index in [0.29, 0.717) is 25.1 Å². The number of nitrogens with zero attached hydrogens (tertiary/aromatic N) is 1. The molecule has 5 nitrogen and oxygen atoms in total. The summed E-state index contributed by atoms with van der Waals surface area (Å²) in [6.07, 6.45) is 2.08. The summed E-state index contributed by atoms with van der Waals surface area (Å²) in [5.74, 6) is -0.379. The molecule has 0 saturated heterocycles. The van der Waals surface area contributed by atoms with Crippen LogP contribution in [0.3, 0.4) is 0 Å². The molecule has 2 aromatic carbocycles. The van der Waals surface area contributed by atoms with Gasteiger partial charge >= 0.3 is 0 Å². The van der Waals surface area contributed by atoms with Gasteiger partial charge in [-0.25, -0.2) is 5.48 Å².